The van der Waals surface area contributed by atoms with Crippen molar-refractivity contribution in [1.29, 1.82) is 0 Å². The van der Waals surface area contributed by atoms with E-state index in [2.05, 4.69) is 0 Å². The number of ether oxygens (including phenoxy) is 1. The zero-order chi connectivity index (χ0) is 16.4. The molecule has 0 aliphatic rings. The number of nitrogens with two attached hydrogens (primary N) is 1. The molecule has 0 aliphatic heterocycles. The molecule has 0 bridgehead atoms. The van der Waals surface area contributed by atoms with Gasteiger partial charge in [0.1, 0.15) is 5.82 Å². The zero-order valence-corrected chi connectivity index (χ0v) is 12.7. The number of carbonyl (C=O) groups excluding carboxylic acids is 1. The van der Waals surface area contributed by atoms with Crippen LogP contribution in [0.4, 0.5) is 10.1 Å². The van der Waals surface area contributed by atoms with Gasteiger partial charge in [-0.3, -0.25) is 0 Å². The highest BCUT2D eigenvalue weighted by Gasteiger charge is 2.20. The largest absolute Gasteiger partial charge is 0.462 e. The van der Waals surface area contributed by atoms with Crippen molar-refractivity contribution in [1.82, 2.24) is 0 Å². The molecule has 23 heavy (non-hydrogen) atoms. The second kappa shape index (κ2) is 6.08. The summed E-state index contributed by atoms with van der Waals surface area (Å²) in [7, 11) is 0. The molecule has 0 heterocycles. The number of fused-ring (bicyclic) bond motifs is 1. The maximum atomic E-state index is 13.2. The van der Waals surface area contributed by atoms with Crippen LogP contribution >= 0.6 is 0 Å². The average Bonchev–Trinajstić information content (AvgIpc) is 2.55. The van der Waals surface area contributed by atoms with Crippen LogP contribution in [0.15, 0.2) is 54.6 Å². The maximum absolute atomic E-state index is 13.2. The number of hydrogen-bond acceptors (Lipinski definition) is 3. The number of rotatable bonds is 3. The highest BCUT2D eigenvalue weighted by Crippen LogP contribution is 2.35. The quantitative estimate of drug-likeness (QED) is 0.576. The summed E-state index contributed by atoms with van der Waals surface area (Å²) in [6.45, 7) is 2.00. The first-order chi connectivity index (χ1) is 11.1. The van der Waals surface area contributed by atoms with Crippen LogP contribution in [0.1, 0.15) is 17.3 Å². The third kappa shape index (κ3) is 2.75. The van der Waals surface area contributed by atoms with Crippen molar-refractivity contribution in [3.8, 4) is 11.1 Å². The summed E-state index contributed by atoms with van der Waals surface area (Å²) in [5.41, 5.74) is 8.29. The van der Waals surface area contributed by atoms with Crippen LogP contribution < -0.4 is 5.73 Å². The van der Waals surface area contributed by atoms with Gasteiger partial charge in [-0.15, -0.1) is 0 Å². The summed E-state index contributed by atoms with van der Waals surface area (Å²) in [5.74, 6) is -0.810. The topological polar surface area (TPSA) is 52.3 Å². The molecule has 2 N–H and O–H groups in total. The number of anilines is 1. The average molecular weight is 309 g/mol. The van der Waals surface area contributed by atoms with E-state index in [0.717, 1.165) is 10.8 Å². The molecule has 0 spiro atoms. The minimum Gasteiger partial charge on any atom is -0.462 e. The van der Waals surface area contributed by atoms with Crippen LogP contribution in [-0.2, 0) is 4.74 Å². The third-order valence-electron chi connectivity index (χ3n) is 3.72. The predicted molar refractivity (Wildman–Crippen MR) is 89.7 cm³/mol. The molecule has 0 fully saturated rings. The minimum absolute atomic E-state index is 0.258. The summed E-state index contributed by atoms with van der Waals surface area (Å²) in [5, 5.41) is 1.71. The lowest BCUT2D eigenvalue weighted by Gasteiger charge is -2.14. The monoisotopic (exact) mass is 309 g/mol. The van der Waals surface area contributed by atoms with Gasteiger partial charge in [-0.1, -0.05) is 36.4 Å². The number of carbonyl (C=O) groups is 1. The van der Waals surface area contributed by atoms with E-state index in [9.17, 15) is 9.18 Å². The van der Waals surface area contributed by atoms with Crippen LogP contribution in [0.3, 0.4) is 0 Å². The van der Waals surface area contributed by atoms with Crippen LogP contribution in [-0.4, -0.2) is 12.6 Å². The molecule has 3 rings (SSSR count). The Morgan fingerprint density at radius 3 is 2.52 bits per heavy atom. The first-order valence-electron chi connectivity index (χ1n) is 7.36. The molecule has 0 unspecified atom stereocenters. The van der Waals surface area contributed by atoms with Crippen LogP contribution in [0.25, 0.3) is 21.9 Å². The normalized spacial score (nSPS) is 10.7. The van der Waals surface area contributed by atoms with Crippen LogP contribution in [0.2, 0.25) is 0 Å². The van der Waals surface area contributed by atoms with Gasteiger partial charge in [0, 0.05) is 5.39 Å². The molecule has 0 aromatic heterocycles. The molecule has 3 aromatic rings. The van der Waals surface area contributed by atoms with Gasteiger partial charge >= 0.3 is 5.97 Å². The first kappa shape index (κ1) is 15.0. The van der Waals surface area contributed by atoms with Crippen LogP contribution in [0, 0.1) is 5.82 Å². The van der Waals surface area contributed by atoms with Gasteiger partial charge in [-0.2, -0.15) is 0 Å². The standard InChI is InChI=1S/C19H16FNO2/c1-2-23-19(22)17-16(12-7-9-14(20)10-8-12)11-13-5-3-4-6-15(13)18(17)21/h3-11H,2,21H2,1H3. The van der Waals surface area contributed by atoms with E-state index in [1.165, 1.54) is 12.1 Å². The molecule has 0 amide bonds. The van der Waals surface area contributed by atoms with E-state index < -0.39 is 5.97 Å². The summed E-state index contributed by atoms with van der Waals surface area (Å²) in [6, 6.07) is 15.4. The zero-order valence-electron chi connectivity index (χ0n) is 12.7. The highest BCUT2D eigenvalue weighted by molar-refractivity contribution is 6.11. The smallest absolute Gasteiger partial charge is 0.340 e. The van der Waals surface area contributed by atoms with E-state index >= 15 is 0 Å². The summed E-state index contributed by atoms with van der Waals surface area (Å²) in [4.78, 5) is 12.4. The van der Waals surface area contributed by atoms with Gasteiger partial charge in [0.05, 0.1) is 17.9 Å². The molecule has 3 nitrogen and oxygen atoms in total. The Kier molecular flexibility index (Phi) is 3.98. The maximum Gasteiger partial charge on any atom is 0.340 e. The minimum atomic E-state index is -0.477. The SMILES string of the molecule is CCOC(=O)c1c(-c2ccc(F)cc2)cc2ccccc2c1N. The molecule has 0 radical (unpaired) electrons. The van der Waals surface area contributed by atoms with Crippen molar-refractivity contribution >= 4 is 22.4 Å². The van der Waals surface area contributed by atoms with E-state index in [1.807, 2.05) is 30.3 Å². The molecular formula is C19H16FNO2. The fourth-order valence-electron chi connectivity index (χ4n) is 2.66. The van der Waals surface area contributed by atoms with Gasteiger partial charge in [-0.25, -0.2) is 9.18 Å². The molecule has 0 aliphatic carbocycles. The molecule has 0 saturated carbocycles. The van der Waals surface area contributed by atoms with Gasteiger partial charge in [-0.05, 0) is 41.6 Å². The second-order valence-corrected chi connectivity index (χ2v) is 5.16. The Morgan fingerprint density at radius 1 is 1.13 bits per heavy atom. The predicted octanol–water partition coefficient (Wildman–Crippen LogP) is 4.40. The van der Waals surface area contributed by atoms with Crippen LogP contribution in [0.5, 0.6) is 0 Å². The Labute approximate surface area is 133 Å². The van der Waals surface area contributed by atoms with Gasteiger partial charge < -0.3 is 10.5 Å². The molecule has 116 valence electrons. The number of hydrogen-bond donors (Lipinski definition) is 1. The van der Waals surface area contributed by atoms with Gasteiger partial charge in [0.2, 0.25) is 0 Å². The molecular weight excluding hydrogens is 293 g/mol. The lowest BCUT2D eigenvalue weighted by molar-refractivity contribution is 0.0528. The first-order valence-corrected chi connectivity index (χ1v) is 7.36. The Bertz CT molecular complexity index is 872. The summed E-state index contributed by atoms with van der Waals surface area (Å²) >= 11 is 0. The van der Waals surface area contributed by atoms with E-state index in [1.54, 1.807) is 19.1 Å². The summed E-state index contributed by atoms with van der Waals surface area (Å²) < 4.78 is 18.3. The van der Waals surface area contributed by atoms with E-state index in [0.29, 0.717) is 22.4 Å². The van der Waals surface area contributed by atoms with Crippen molar-refractivity contribution in [3.05, 3.63) is 66.0 Å². The number of benzene rings is 3. The molecule has 0 saturated heterocycles. The van der Waals surface area contributed by atoms with Gasteiger partial charge in [0.15, 0.2) is 0 Å². The lowest BCUT2D eigenvalue weighted by atomic mass is 9.93. The molecule has 0 atom stereocenters. The van der Waals surface area contributed by atoms with E-state index in [4.69, 9.17) is 10.5 Å². The fraction of sp³-hybridized carbons (Fsp3) is 0.105. The lowest BCUT2D eigenvalue weighted by Crippen LogP contribution is -2.10. The Balaban J connectivity index is 2.31. The third-order valence-corrected chi connectivity index (χ3v) is 3.72. The second-order valence-electron chi connectivity index (χ2n) is 5.16. The number of halogens is 1. The van der Waals surface area contributed by atoms with E-state index in [-0.39, 0.29) is 12.4 Å². The Hall–Kier alpha value is -2.88. The van der Waals surface area contributed by atoms with Crippen molar-refractivity contribution in [3.63, 3.8) is 0 Å². The van der Waals surface area contributed by atoms with Gasteiger partial charge in [0.25, 0.3) is 0 Å². The molecule has 4 heteroatoms. The summed E-state index contributed by atoms with van der Waals surface area (Å²) in [6.07, 6.45) is 0. The fourth-order valence-corrected chi connectivity index (χ4v) is 2.66. The number of nitrogen functional groups attached to an aromatic ring is 1. The van der Waals surface area contributed by atoms with Crippen molar-refractivity contribution in [2.24, 2.45) is 0 Å². The van der Waals surface area contributed by atoms with Crippen molar-refractivity contribution in [2.45, 2.75) is 6.92 Å². The molecule has 3 aromatic carbocycles. The highest BCUT2D eigenvalue weighted by atomic mass is 19.1. The number of esters is 1. The van der Waals surface area contributed by atoms with Crippen molar-refractivity contribution < 1.29 is 13.9 Å². The van der Waals surface area contributed by atoms with Crippen molar-refractivity contribution in [2.75, 3.05) is 12.3 Å². The Morgan fingerprint density at radius 2 is 1.83 bits per heavy atom.